The van der Waals surface area contributed by atoms with Crippen molar-refractivity contribution < 1.29 is 32.0 Å². The summed E-state index contributed by atoms with van der Waals surface area (Å²) in [6.07, 6.45) is 2.37. The summed E-state index contributed by atoms with van der Waals surface area (Å²) < 4.78 is 40.5. The molecule has 0 aliphatic rings. The van der Waals surface area contributed by atoms with Crippen LogP contribution in [0.3, 0.4) is 0 Å². The second-order valence-electron chi connectivity index (χ2n) is 6.69. The second-order valence-corrected chi connectivity index (χ2v) is 8.26. The predicted molar refractivity (Wildman–Crippen MR) is 121 cm³/mol. The molecule has 2 aromatic rings. The monoisotopic (exact) mass is 428 g/mol. The highest BCUT2D eigenvalue weighted by Crippen LogP contribution is 2.27. The Morgan fingerprint density at radius 3 is 1.80 bits per heavy atom. The van der Waals surface area contributed by atoms with E-state index >= 15 is 0 Å². The minimum atomic E-state index is -4.20. The number of hydrogen-bond acceptors (Lipinski definition) is 6. The topological polar surface area (TPSA) is 107 Å². The van der Waals surface area contributed by atoms with E-state index in [2.05, 4.69) is 7.85 Å². The van der Waals surface area contributed by atoms with Crippen molar-refractivity contribution in [2.75, 3.05) is 12.4 Å². The lowest BCUT2D eigenvalue weighted by molar-refractivity contribution is 0.0527. The molecule has 0 fully saturated rings. The fourth-order valence-corrected chi connectivity index (χ4v) is 3.20. The van der Waals surface area contributed by atoms with Gasteiger partial charge < -0.3 is 9.47 Å². The molecule has 11 heteroatoms. The summed E-state index contributed by atoms with van der Waals surface area (Å²) in [5.41, 5.74) is 3.56. The Labute approximate surface area is 179 Å². The lowest BCUT2D eigenvalue weighted by Gasteiger charge is -2.15. The van der Waals surface area contributed by atoms with Gasteiger partial charge in [0.25, 0.3) is 10.1 Å². The van der Waals surface area contributed by atoms with Crippen LogP contribution in [0, 0.1) is 0 Å². The van der Waals surface area contributed by atoms with Gasteiger partial charge in [-0.2, -0.15) is 8.42 Å². The molecule has 0 radical (unpaired) electrons. The van der Waals surface area contributed by atoms with Crippen molar-refractivity contribution in [3.8, 4) is 5.75 Å². The van der Waals surface area contributed by atoms with E-state index in [4.69, 9.17) is 14.0 Å². The van der Waals surface area contributed by atoms with Crippen LogP contribution in [0.4, 0.5) is 0 Å². The molecule has 0 spiro atoms. The lowest BCUT2D eigenvalue weighted by Crippen LogP contribution is -2.15. The first-order valence-corrected chi connectivity index (χ1v) is 11.4. The minimum Gasteiger partial charge on any atom is -0.461 e. The molecule has 30 heavy (non-hydrogen) atoms. The molecular formula is C19H23B3O7S. The van der Waals surface area contributed by atoms with Crippen LogP contribution < -0.4 is 4.74 Å². The number of carbonyl (C=O) groups excluding carboxylic acids is 2. The first kappa shape index (κ1) is 23.8. The SMILES string of the molecule is BCc1cc(CB)c(OC(=O)c2ccc(C(=O)OCCS(=O)(=O)O)cc2)c(CB)c1. The van der Waals surface area contributed by atoms with Gasteiger partial charge in [0.1, 0.15) is 41.6 Å². The Balaban J connectivity index is 2.13. The van der Waals surface area contributed by atoms with Gasteiger partial charge in [-0.1, -0.05) is 36.7 Å². The van der Waals surface area contributed by atoms with Gasteiger partial charge >= 0.3 is 11.9 Å². The van der Waals surface area contributed by atoms with Crippen LogP contribution in [0.2, 0.25) is 0 Å². The van der Waals surface area contributed by atoms with E-state index in [1.807, 2.05) is 27.8 Å². The summed E-state index contributed by atoms with van der Waals surface area (Å²) >= 11 is 0. The highest BCUT2D eigenvalue weighted by molar-refractivity contribution is 7.85. The molecule has 7 nitrogen and oxygen atoms in total. The van der Waals surface area contributed by atoms with Crippen LogP contribution in [0.5, 0.6) is 5.75 Å². The first-order chi connectivity index (χ1) is 14.2. The third-order valence-electron chi connectivity index (χ3n) is 4.60. The fourth-order valence-electron chi connectivity index (χ4n) is 2.90. The summed E-state index contributed by atoms with van der Waals surface area (Å²) in [5, 5.41) is 0. The number of esters is 2. The molecule has 0 aromatic heterocycles. The number of hydrogen-bond donors (Lipinski definition) is 1. The van der Waals surface area contributed by atoms with E-state index in [0.29, 0.717) is 5.75 Å². The minimum absolute atomic E-state index is 0.151. The number of benzene rings is 2. The van der Waals surface area contributed by atoms with Crippen molar-refractivity contribution in [2.45, 2.75) is 19.0 Å². The van der Waals surface area contributed by atoms with E-state index in [9.17, 15) is 18.0 Å². The zero-order chi connectivity index (χ0) is 22.3. The van der Waals surface area contributed by atoms with E-state index in [1.54, 1.807) is 0 Å². The van der Waals surface area contributed by atoms with Crippen LogP contribution in [0.15, 0.2) is 36.4 Å². The average Bonchev–Trinajstić information content (AvgIpc) is 2.72. The molecule has 0 atom stereocenters. The zero-order valence-electron chi connectivity index (χ0n) is 17.3. The van der Waals surface area contributed by atoms with Crippen LogP contribution >= 0.6 is 0 Å². The number of carbonyl (C=O) groups is 2. The van der Waals surface area contributed by atoms with Crippen LogP contribution in [0.1, 0.15) is 37.4 Å². The summed E-state index contributed by atoms with van der Waals surface area (Å²) in [4.78, 5) is 24.6. The molecule has 2 aromatic carbocycles. The molecule has 0 aliphatic heterocycles. The Hall–Kier alpha value is -2.52. The predicted octanol–water partition coefficient (Wildman–Crippen LogP) is -0.650. The molecule has 2 rings (SSSR count). The largest absolute Gasteiger partial charge is 0.461 e. The zero-order valence-corrected chi connectivity index (χ0v) is 18.1. The Morgan fingerprint density at radius 1 is 0.867 bits per heavy atom. The van der Waals surface area contributed by atoms with Crippen LogP contribution in [-0.4, -0.2) is 60.8 Å². The summed E-state index contributed by atoms with van der Waals surface area (Å²) in [6.45, 7) is -0.463. The van der Waals surface area contributed by atoms with Crippen molar-refractivity contribution in [1.29, 1.82) is 0 Å². The smallest absolute Gasteiger partial charge is 0.343 e. The quantitative estimate of drug-likeness (QED) is 0.245. The van der Waals surface area contributed by atoms with Gasteiger partial charge in [0, 0.05) is 0 Å². The maximum Gasteiger partial charge on any atom is 0.343 e. The van der Waals surface area contributed by atoms with Crippen molar-refractivity contribution in [3.05, 3.63) is 64.2 Å². The summed E-state index contributed by atoms with van der Waals surface area (Å²) in [7, 11) is 1.89. The Bertz CT molecular complexity index is 996. The van der Waals surface area contributed by atoms with E-state index in [0.717, 1.165) is 30.1 Å². The number of rotatable bonds is 9. The number of ether oxygens (including phenoxy) is 2. The van der Waals surface area contributed by atoms with Crippen molar-refractivity contribution >= 4 is 45.6 Å². The molecule has 0 saturated carbocycles. The second kappa shape index (κ2) is 10.5. The highest BCUT2D eigenvalue weighted by atomic mass is 32.2. The lowest BCUT2D eigenvalue weighted by atomic mass is 9.85. The van der Waals surface area contributed by atoms with Crippen LogP contribution in [0.25, 0.3) is 0 Å². The molecule has 0 aliphatic carbocycles. The molecule has 0 amide bonds. The maximum atomic E-state index is 12.6. The van der Waals surface area contributed by atoms with Gasteiger partial charge in [0.05, 0.1) is 11.1 Å². The van der Waals surface area contributed by atoms with Gasteiger partial charge in [-0.15, -0.1) is 0 Å². The van der Waals surface area contributed by atoms with Crippen LogP contribution in [-0.2, 0) is 33.8 Å². The van der Waals surface area contributed by atoms with Gasteiger partial charge in [-0.05, 0) is 35.4 Å². The van der Waals surface area contributed by atoms with Gasteiger partial charge in [-0.25, -0.2) is 9.59 Å². The average molecular weight is 428 g/mol. The summed E-state index contributed by atoms with van der Waals surface area (Å²) in [5.74, 6) is -1.39. The van der Waals surface area contributed by atoms with Crippen molar-refractivity contribution in [3.63, 3.8) is 0 Å². The van der Waals surface area contributed by atoms with E-state index in [1.165, 1.54) is 29.8 Å². The molecule has 0 heterocycles. The molecule has 156 valence electrons. The first-order valence-electron chi connectivity index (χ1n) is 9.77. The molecule has 0 saturated heterocycles. The Kier molecular flexibility index (Phi) is 8.31. The van der Waals surface area contributed by atoms with E-state index < -0.39 is 34.4 Å². The van der Waals surface area contributed by atoms with Gasteiger partial charge in [0.2, 0.25) is 0 Å². The standard InChI is InChI=1S/C19H23B3O7S/c20-9-12-7-15(10-21)17(16(8-12)11-22)29-19(24)14-3-1-13(2-4-14)18(23)28-5-6-30(25,26)27/h1-4,7-8H,5-6,9-11,20-22H2,(H,25,26,27). The van der Waals surface area contributed by atoms with Gasteiger partial charge in [-0.3, -0.25) is 4.55 Å². The third-order valence-corrected chi connectivity index (χ3v) is 5.28. The molecule has 1 N–H and O–H groups in total. The third kappa shape index (κ3) is 6.50. The maximum absolute atomic E-state index is 12.6. The highest BCUT2D eigenvalue weighted by Gasteiger charge is 2.17. The fraction of sp³-hybridized carbons (Fsp3) is 0.263. The normalized spacial score (nSPS) is 11.1. The molecular weight excluding hydrogens is 405 g/mol. The van der Waals surface area contributed by atoms with Gasteiger partial charge in [0.15, 0.2) is 0 Å². The van der Waals surface area contributed by atoms with Crippen molar-refractivity contribution in [2.24, 2.45) is 0 Å². The van der Waals surface area contributed by atoms with Crippen molar-refractivity contribution in [1.82, 2.24) is 0 Å². The Morgan fingerprint density at radius 2 is 1.37 bits per heavy atom. The molecule has 0 unspecified atom stereocenters. The van der Waals surface area contributed by atoms with E-state index in [-0.39, 0.29) is 11.1 Å². The molecule has 0 bridgehead atoms. The summed E-state index contributed by atoms with van der Waals surface area (Å²) in [6, 6.07) is 9.78.